The molecule has 112 valence electrons. The Morgan fingerprint density at radius 1 is 1.52 bits per heavy atom. The van der Waals surface area contributed by atoms with Crippen LogP contribution in [-0.2, 0) is 0 Å². The number of rotatable bonds is 3. The molecule has 0 bridgehead atoms. The van der Waals surface area contributed by atoms with Gasteiger partial charge in [-0.15, -0.1) is 0 Å². The Hall–Kier alpha value is -1.88. The summed E-state index contributed by atoms with van der Waals surface area (Å²) in [6.45, 7) is 7.50. The number of piperidine rings is 1. The molecule has 2 atom stereocenters. The van der Waals surface area contributed by atoms with Crippen molar-refractivity contribution in [2.45, 2.75) is 26.3 Å². The van der Waals surface area contributed by atoms with Crippen LogP contribution in [0, 0.1) is 5.92 Å². The van der Waals surface area contributed by atoms with Gasteiger partial charge < -0.3 is 10.2 Å². The summed E-state index contributed by atoms with van der Waals surface area (Å²) >= 11 is 0. The lowest BCUT2D eigenvalue weighted by molar-refractivity contribution is 0.0866. The second-order valence-corrected chi connectivity index (χ2v) is 5.91. The van der Waals surface area contributed by atoms with Crippen LogP contribution in [0.2, 0.25) is 0 Å². The standard InChI is InChI=1S/C16H22N4O/c1-3-20-7-6-11(2)15(10-20)18-16(21)12-4-5-14-13(8-12)9-17-19-14/h4-5,8-9,11,15H,3,6-7,10H2,1-2H3,(H,17,19)(H,18,21)/t11?,15-/m0/s1. The Balaban J connectivity index is 1.72. The van der Waals surface area contributed by atoms with Gasteiger partial charge in [-0.05, 0) is 43.6 Å². The van der Waals surface area contributed by atoms with Crippen LogP contribution in [0.1, 0.15) is 30.6 Å². The van der Waals surface area contributed by atoms with E-state index < -0.39 is 0 Å². The van der Waals surface area contributed by atoms with E-state index in [1.54, 1.807) is 6.20 Å². The second kappa shape index (κ2) is 5.85. The molecule has 1 amide bonds. The highest BCUT2D eigenvalue weighted by Crippen LogP contribution is 2.18. The third-order valence-corrected chi connectivity index (χ3v) is 4.51. The molecule has 5 nitrogen and oxygen atoms in total. The fourth-order valence-corrected chi connectivity index (χ4v) is 2.95. The quantitative estimate of drug-likeness (QED) is 0.907. The monoisotopic (exact) mass is 286 g/mol. The molecule has 2 aromatic rings. The number of carbonyl (C=O) groups excluding carboxylic acids is 1. The first-order valence-electron chi connectivity index (χ1n) is 7.63. The number of nitrogens with one attached hydrogen (secondary N) is 2. The van der Waals surface area contributed by atoms with Crippen molar-refractivity contribution < 1.29 is 4.79 Å². The molecular weight excluding hydrogens is 264 g/mol. The SMILES string of the molecule is CCN1CCC(C)[C@@H](NC(=O)c2ccc3[nH]ncc3c2)C1. The Kier molecular flexibility index (Phi) is 3.92. The maximum atomic E-state index is 12.5. The van der Waals surface area contributed by atoms with Gasteiger partial charge in [0.05, 0.1) is 11.7 Å². The van der Waals surface area contributed by atoms with Crippen LogP contribution in [0.5, 0.6) is 0 Å². The third kappa shape index (κ3) is 2.93. The minimum Gasteiger partial charge on any atom is -0.348 e. The Labute approximate surface area is 124 Å². The largest absolute Gasteiger partial charge is 0.348 e. The maximum absolute atomic E-state index is 12.5. The molecule has 1 aliphatic rings. The predicted molar refractivity (Wildman–Crippen MR) is 83.2 cm³/mol. The lowest BCUT2D eigenvalue weighted by atomic mass is 9.93. The second-order valence-electron chi connectivity index (χ2n) is 5.91. The van der Waals surface area contributed by atoms with Crippen LogP contribution in [0.25, 0.3) is 10.9 Å². The highest BCUT2D eigenvalue weighted by Gasteiger charge is 2.26. The lowest BCUT2D eigenvalue weighted by Gasteiger charge is -2.36. The summed E-state index contributed by atoms with van der Waals surface area (Å²) in [6, 6.07) is 5.87. The van der Waals surface area contributed by atoms with Crippen LogP contribution in [0.4, 0.5) is 0 Å². The summed E-state index contributed by atoms with van der Waals surface area (Å²) in [5.41, 5.74) is 1.65. The molecule has 0 saturated carbocycles. The number of likely N-dealkylation sites (N-methyl/N-ethyl adjacent to an activating group) is 1. The molecule has 1 fully saturated rings. The van der Waals surface area contributed by atoms with Crippen LogP contribution in [0.3, 0.4) is 0 Å². The summed E-state index contributed by atoms with van der Waals surface area (Å²) in [6.07, 6.45) is 2.88. The smallest absolute Gasteiger partial charge is 0.251 e. The number of nitrogens with zero attached hydrogens (tertiary/aromatic N) is 2. The van der Waals surface area contributed by atoms with E-state index in [-0.39, 0.29) is 11.9 Å². The molecule has 2 N–H and O–H groups in total. The minimum absolute atomic E-state index is 0.00732. The van der Waals surface area contributed by atoms with Crippen molar-refractivity contribution in [3.05, 3.63) is 30.0 Å². The molecule has 1 aliphatic heterocycles. The molecule has 5 heteroatoms. The number of aromatic nitrogens is 2. The van der Waals surface area contributed by atoms with Gasteiger partial charge in [0.25, 0.3) is 5.91 Å². The van der Waals surface area contributed by atoms with E-state index in [1.165, 1.54) is 0 Å². The highest BCUT2D eigenvalue weighted by molar-refractivity contribution is 5.98. The van der Waals surface area contributed by atoms with Crippen molar-refractivity contribution in [2.75, 3.05) is 19.6 Å². The van der Waals surface area contributed by atoms with Crippen LogP contribution >= 0.6 is 0 Å². The number of H-pyrrole nitrogens is 1. The third-order valence-electron chi connectivity index (χ3n) is 4.51. The number of fused-ring (bicyclic) bond motifs is 1. The molecule has 2 heterocycles. The zero-order valence-electron chi connectivity index (χ0n) is 12.6. The number of aromatic amines is 1. The van der Waals surface area contributed by atoms with Crippen molar-refractivity contribution in [1.29, 1.82) is 0 Å². The first kappa shape index (κ1) is 14.1. The van der Waals surface area contributed by atoms with Gasteiger partial charge in [0, 0.05) is 23.5 Å². The van der Waals surface area contributed by atoms with Gasteiger partial charge in [-0.1, -0.05) is 13.8 Å². The van der Waals surface area contributed by atoms with Crippen LogP contribution < -0.4 is 5.32 Å². The van der Waals surface area contributed by atoms with E-state index in [2.05, 4.69) is 34.3 Å². The molecule has 21 heavy (non-hydrogen) atoms. The van der Waals surface area contributed by atoms with Crippen molar-refractivity contribution in [3.8, 4) is 0 Å². The van der Waals surface area contributed by atoms with E-state index in [1.807, 2.05) is 18.2 Å². The van der Waals surface area contributed by atoms with Crippen molar-refractivity contribution in [3.63, 3.8) is 0 Å². The van der Waals surface area contributed by atoms with Gasteiger partial charge in [0.2, 0.25) is 0 Å². The number of hydrogen-bond donors (Lipinski definition) is 2. The first-order valence-corrected chi connectivity index (χ1v) is 7.63. The maximum Gasteiger partial charge on any atom is 0.251 e. The number of amides is 1. The Bertz CT molecular complexity index is 636. The number of likely N-dealkylation sites (tertiary alicyclic amines) is 1. The van der Waals surface area contributed by atoms with Gasteiger partial charge in [-0.25, -0.2) is 0 Å². The predicted octanol–water partition coefficient (Wildman–Crippen LogP) is 2.02. The average molecular weight is 286 g/mol. The van der Waals surface area contributed by atoms with E-state index in [0.717, 1.165) is 37.0 Å². The molecule has 1 aromatic carbocycles. The molecule has 1 aromatic heterocycles. The Morgan fingerprint density at radius 3 is 3.19 bits per heavy atom. The molecule has 1 unspecified atom stereocenters. The highest BCUT2D eigenvalue weighted by atomic mass is 16.1. The van der Waals surface area contributed by atoms with E-state index >= 15 is 0 Å². The topological polar surface area (TPSA) is 61.0 Å². The van der Waals surface area contributed by atoms with Crippen molar-refractivity contribution in [1.82, 2.24) is 20.4 Å². The fraction of sp³-hybridized carbons (Fsp3) is 0.500. The van der Waals surface area contributed by atoms with Crippen molar-refractivity contribution in [2.24, 2.45) is 5.92 Å². The Morgan fingerprint density at radius 2 is 2.38 bits per heavy atom. The van der Waals surface area contributed by atoms with E-state index in [4.69, 9.17) is 0 Å². The number of benzene rings is 1. The van der Waals surface area contributed by atoms with Gasteiger partial charge in [-0.3, -0.25) is 9.89 Å². The lowest BCUT2D eigenvalue weighted by Crippen LogP contribution is -2.51. The number of hydrogen-bond acceptors (Lipinski definition) is 3. The van der Waals surface area contributed by atoms with Crippen LogP contribution in [-0.4, -0.2) is 46.7 Å². The average Bonchev–Trinajstić information content (AvgIpc) is 2.96. The zero-order valence-corrected chi connectivity index (χ0v) is 12.6. The summed E-state index contributed by atoms with van der Waals surface area (Å²) in [4.78, 5) is 14.9. The summed E-state index contributed by atoms with van der Waals surface area (Å²) in [7, 11) is 0. The molecular formula is C16H22N4O. The fourth-order valence-electron chi connectivity index (χ4n) is 2.95. The van der Waals surface area contributed by atoms with Crippen LogP contribution in [0.15, 0.2) is 24.4 Å². The zero-order chi connectivity index (χ0) is 14.8. The van der Waals surface area contributed by atoms with Gasteiger partial charge in [-0.2, -0.15) is 5.10 Å². The van der Waals surface area contributed by atoms with Gasteiger partial charge in [0.15, 0.2) is 0 Å². The number of carbonyl (C=O) groups is 1. The molecule has 3 rings (SSSR count). The molecule has 0 radical (unpaired) electrons. The molecule has 0 aliphatic carbocycles. The van der Waals surface area contributed by atoms with Gasteiger partial charge >= 0.3 is 0 Å². The van der Waals surface area contributed by atoms with E-state index in [0.29, 0.717) is 11.5 Å². The summed E-state index contributed by atoms with van der Waals surface area (Å²) < 4.78 is 0. The molecule has 0 spiro atoms. The normalized spacial score (nSPS) is 23.3. The van der Waals surface area contributed by atoms with Crippen molar-refractivity contribution >= 4 is 16.8 Å². The minimum atomic E-state index is 0.00732. The first-order chi connectivity index (χ1) is 10.2. The summed E-state index contributed by atoms with van der Waals surface area (Å²) in [5, 5.41) is 11.0. The summed E-state index contributed by atoms with van der Waals surface area (Å²) in [5.74, 6) is 0.530. The van der Waals surface area contributed by atoms with E-state index in [9.17, 15) is 4.79 Å². The molecule has 1 saturated heterocycles. The van der Waals surface area contributed by atoms with Gasteiger partial charge in [0.1, 0.15) is 0 Å².